The summed E-state index contributed by atoms with van der Waals surface area (Å²) in [5, 5.41) is 26.4. The van der Waals surface area contributed by atoms with E-state index in [0.29, 0.717) is 23.0 Å². The Morgan fingerprint density at radius 1 is 1.03 bits per heavy atom. The molecule has 5 rings (SSSR count). The van der Waals surface area contributed by atoms with E-state index in [4.69, 9.17) is 4.84 Å². The van der Waals surface area contributed by atoms with Gasteiger partial charge in [-0.2, -0.15) is 0 Å². The van der Waals surface area contributed by atoms with E-state index in [0.717, 1.165) is 49.7 Å². The van der Waals surface area contributed by atoms with E-state index >= 15 is 0 Å². The maximum atomic E-state index is 11.1. The van der Waals surface area contributed by atoms with Crippen molar-refractivity contribution in [1.82, 2.24) is 0 Å². The maximum Gasteiger partial charge on any atom is 0.269 e. The van der Waals surface area contributed by atoms with Crippen molar-refractivity contribution in [2.24, 2.45) is 39.7 Å². The van der Waals surface area contributed by atoms with Crippen molar-refractivity contribution >= 4 is 11.4 Å². The van der Waals surface area contributed by atoms with Crippen LogP contribution in [0, 0.1) is 44.6 Å². The summed E-state index contributed by atoms with van der Waals surface area (Å²) in [5.74, 6) is 3.35. The van der Waals surface area contributed by atoms with Crippen molar-refractivity contribution < 1.29 is 14.9 Å². The summed E-state index contributed by atoms with van der Waals surface area (Å²) in [6.45, 7) is 6.96. The second-order valence-electron chi connectivity index (χ2n) is 11.6. The Balaban J connectivity index is 1.28. The predicted octanol–water partition coefficient (Wildman–Crippen LogP) is 6.12. The SMILES string of the molecule is C[C@]12CC/C(=N/Oc3ccc([N+](=O)[O-])cc3)C[C@@H]1CC[C@@H]1[C@@H]2CC[C@@]2(C)[C@H]1CC[C@]2(C)O. The average molecular weight is 441 g/mol. The van der Waals surface area contributed by atoms with Crippen LogP contribution in [0.2, 0.25) is 0 Å². The molecule has 1 aromatic carbocycles. The van der Waals surface area contributed by atoms with Gasteiger partial charge in [-0.05, 0) is 111 Å². The number of rotatable bonds is 3. The molecule has 0 unspecified atom stereocenters. The molecule has 4 aliphatic carbocycles. The first-order valence-corrected chi connectivity index (χ1v) is 12.3. The Hall–Kier alpha value is -1.95. The number of nitro benzene ring substituents is 1. The zero-order valence-electron chi connectivity index (χ0n) is 19.5. The number of fused-ring (bicyclic) bond motifs is 5. The molecular formula is C26H36N2O4. The Morgan fingerprint density at radius 2 is 1.75 bits per heavy atom. The standard InChI is InChI=1S/C26H36N2O4/c1-24-13-10-18(27-32-20-7-5-19(6-8-20)28(30)31)16-17(24)4-9-21-22(24)11-14-25(2)23(21)12-15-26(25,3)29/h5-8,17,21-23,29H,4,9-16H2,1-3H3/b27-18-/t17-,21+,22-,23-,24-,25-,26-/m0/s1. The quantitative estimate of drug-likeness (QED) is 0.453. The second kappa shape index (κ2) is 7.54. The van der Waals surface area contributed by atoms with Gasteiger partial charge in [-0.25, -0.2) is 0 Å². The zero-order valence-corrected chi connectivity index (χ0v) is 19.5. The highest BCUT2D eigenvalue weighted by Gasteiger charge is 2.63. The minimum Gasteiger partial charge on any atom is -0.390 e. The van der Waals surface area contributed by atoms with Gasteiger partial charge >= 0.3 is 0 Å². The summed E-state index contributed by atoms with van der Waals surface area (Å²) in [4.78, 5) is 16.0. The smallest absolute Gasteiger partial charge is 0.269 e. The molecular weight excluding hydrogens is 404 g/mol. The summed E-state index contributed by atoms with van der Waals surface area (Å²) in [6, 6.07) is 6.11. The van der Waals surface area contributed by atoms with Crippen LogP contribution >= 0.6 is 0 Å². The molecule has 4 saturated carbocycles. The Kier molecular flexibility index (Phi) is 5.16. The number of non-ortho nitro benzene ring substituents is 1. The third-order valence-corrected chi connectivity index (χ3v) is 10.4. The number of benzene rings is 1. The van der Waals surface area contributed by atoms with Crippen LogP contribution in [-0.4, -0.2) is 21.3 Å². The molecule has 0 aromatic heterocycles. The van der Waals surface area contributed by atoms with E-state index in [1.807, 2.05) is 0 Å². The van der Waals surface area contributed by atoms with Crippen molar-refractivity contribution in [2.75, 3.05) is 0 Å². The lowest BCUT2D eigenvalue weighted by Crippen LogP contribution is -2.56. The first kappa shape index (κ1) is 21.9. The third-order valence-electron chi connectivity index (χ3n) is 10.4. The fourth-order valence-electron chi connectivity index (χ4n) is 8.13. The lowest BCUT2D eigenvalue weighted by atomic mass is 9.44. The largest absolute Gasteiger partial charge is 0.390 e. The van der Waals surface area contributed by atoms with Gasteiger partial charge in [-0.15, -0.1) is 0 Å². The monoisotopic (exact) mass is 440 g/mol. The zero-order chi connectivity index (χ0) is 22.7. The highest BCUT2D eigenvalue weighted by molar-refractivity contribution is 5.85. The fraction of sp³-hybridized carbons (Fsp3) is 0.731. The summed E-state index contributed by atoms with van der Waals surface area (Å²) < 4.78 is 0. The van der Waals surface area contributed by atoms with Crippen molar-refractivity contribution in [3.05, 3.63) is 34.4 Å². The Bertz CT molecular complexity index is 926. The molecule has 174 valence electrons. The second-order valence-corrected chi connectivity index (χ2v) is 11.6. The van der Waals surface area contributed by atoms with Crippen molar-refractivity contribution in [3.63, 3.8) is 0 Å². The van der Waals surface area contributed by atoms with Gasteiger partial charge < -0.3 is 9.94 Å². The minimum absolute atomic E-state index is 0.0579. The molecule has 0 bridgehead atoms. The third kappa shape index (κ3) is 3.28. The molecule has 0 radical (unpaired) electrons. The van der Waals surface area contributed by atoms with Crippen LogP contribution < -0.4 is 4.84 Å². The van der Waals surface area contributed by atoms with Gasteiger partial charge in [0, 0.05) is 12.1 Å². The molecule has 0 aliphatic heterocycles. The first-order valence-electron chi connectivity index (χ1n) is 12.3. The lowest BCUT2D eigenvalue weighted by molar-refractivity contribution is -0.384. The van der Waals surface area contributed by atoms with E-state index in [2.05, 4.69) is 25.9 Å². The summed E-state index contributed by atoms with van der Waals surface area (Å²) in [5.41, 5.74) is 1.10. The first-order chi connectivity index (χ1) is 15.1. The molecule has 0 spiro atoms. The average Bonchev–Trinajstić information content (AvgIpc) is 3.01. The van der Waals surface area contributed by atoms with Crippen LogP contribution in [0.5, 0.6) is 5.75 Å². The normalized spacial score (nSPS) is 44.4. The Labute approximate surface area is 190 Å². The molecule has 0 heterocycles. The highest BCUT2D eigenvalue weighted by Crippen LogP contribution is 2.68. The molecule has 4 aliphatic rings. The van der Waals surface area contributed by atoms with Crippen LogP contribution in [0.15, 0.2) is 29.4 Å². The van der Waals surface area contributed by atoms with Gasteiger partial charge in [0.05, 0.1) is 16.2 Å². The molecule has 0 saturated heterocycles. The van der Waals surface area contributed by atoms with Gasteiger partial charge in [0.1, 0.15) is 0 Å². The fourth-order valence-corrected chi connectivity index (χ4v) is 8.13. The molecule has 32 heavy (non-hydrogen) atoms. The van der Waals surface area contributed by atoms with Gasteiger partial charge in [-0.3, -0.25) is 10.1 Å². The van der Waals surface area contributed by atoms with Crippen molar-refractivity contribution in [2.45, 2.75) is 84.2 Å². The molecule has 6 heteroatoms. The number of hydrogen-bond acceptors (Lipinski definition) is 5. The van der Waals surface area contributed by atoms with Crippen molar-refractivity contribution in [3.8, 4) is 5.75 Å². The molecule has 0 amide bonds. The minimum atomic E-state index is -0.512. The lowest BCUT2D eigenvalue weighted by Gasteiger charge is -2.61. The van der Waals surface area contributed by atoms with E-state index in [1.165, 1.54) is 37.8 Å². The van der Waals surface area contributed by atoms with Crippen LogP contribution in [0.4, 0.5) is 5.69 Å². The number of aliphatic hydroxyl groups is 1. The number of oxime groups is 1. The van der Waals surface area contributed by atoms with E-state index in [1.54, 1.807) is 12.1 Å². The summed E-state index contributed by atoms with van der Waals surface area (Å²) in [6.07, 6.45) is 10.2. The van der Waals surface area contributed by atoms with Gasteiger partial charge in [0.2, 0.25) is 0 Å². The van der Waals surface area contributed by atoms with Crippen LogP contribution in [0.3, 0.4) is 0 Å². The molecule has 1 aromatic rings. The van der Waals surface area contributed by atoms with E-state index in [-0.39, 0.29) is 11.1 Å². The summed E-state index contributed by atoms with van der Waals surface area (Å²) >= 11 is 0. The predicted molar refractivity (Wildman–Crippen MR) is 124 cm³/mol. The molecule has 4 fully saturated rings. The Morgan fingerprint density at radius 3 is 2.47 bits per heavy atom. The molecule has 1 N–H and O–H groups in total. The number of nitrogens with zero attached hydrogens (tertiary/aromatic N) is 2. The maximum absolute atomic E-state index is 11.1. The number of hydrogen-bond donors (Lipinski definition) is 1. The van der Waals surface area contributed by atoms with Gasteiger partial charge in [0.15, 0.2) is 5.75 Å². The van der Waals surface area contributed by atoms with Crippen LogP contribution in [-0.2, 0) is 0 Å². The van der Waals surface area contributed by atoms with E-state index < -0.39 is 10.5 Å². The topological polar surface area (TPSA) is 85.0 Å². The van der Waals surface area contributed by atoms with Gasteiger partial charge in [0.25, 0.3) is 5.69 Å². The van der Waals surface area contributed by atoms with E-state index in [9.17, 15) is 15.2 Å². The van der Waals surface area contributed by atoms with Crippen LogP contribution in [0.25, 0.3) is 0 Å². The van der Waals surface area contributed by atoms with Crippen LogP contribution in [0.1, 0.15) is 78.6 Å². The molecule has 6 nitrogen and oxygen atoms in total. The number of nitro groups is 1. The molecule has 7 atom stereocenters. The van der Waals surface area contributed by atoms with Gasteiger partial charge in [-0.1, -0.05) is 19.0 Å². The van der Waals surface area contributed by atoms with Crippen molar-refractivity contribution in [1.29, 1.82) is 0 Å². The summed E-state index contributed by atoms with van der Waals surface area (Å²) in [7, 11) is 0. The highest BCUT2D eigenvalue weighted by atomic mass is 16.6.